The number of imidazole rings is 1. The van der Waals surface area contributed by atoms with E-state index >= 15 is 0 Å². The number of primary amides is 1. The third kappa shape index (κ3) is 4.85. The lowest BCUT2D eigenvalue weighted by Gasteiger charge is -2.15. The van der Waals surface area contributed by atoms with Crippen LogP contribution in [0.5, 0.6) is 11.5 Å². The quantitative estimate of drug-likeness (QED) is 0.353. The van der Waals surface area contributed by atoms with Gasteiger partial charge in [-0.25, -0.2) is 4.98 Å². The zero-order chi connectivity index (χ0) is 26.0. The maximum atomic E-state index is 12.6. The number of pyridine rings is 2. The minimum atomic E-state index is -4.46. The first kappa shape index (κ1) is 24.7. The Hall–Kier alpha value is -4.41. The van der Waals surface area contributed by atoms with Crippen molar-refractivity contribution in [2.24, 2.45) is 5.73 Å². The molecule has 4 rings (SSSR count). The molecule has 1 aromatic carbocycles. The number of ketones is 1. The number of methoxy groups -OCH3 is 2. The van der Waals surface area contributed by atoms with Crippen LogP contribution in [0.15, 0.2) is 55.1 Å². The van der Waals surface area contributed by atoms with Gasteiger partial charge in [-0.2, -0.15) is 13.2 Å². The molecule has 0 fully saturated rings. The molecule has 0 aliphatic rings. The molecule has 0 saturated carbocycles. The van der Waals surface area contributed by atoms with Crippen LogP contribution in [0, 0.1) is 0 Å². The van der Waals surface area contributed by atoms with E-state index in [0.29, 0.717) is 33.6 Å². The van der Waals surface area contributed by atoms with E-state index in [1.807, 2.05) is 0 Å². The number of aromatic nitrogens is 3. The number of nitrogens with zero attached hydrogens (tertiary/aromatic N) is 3. The second-order valence-corrected chi connectivity index (χ2v) is 7.87. The SMILES string of the molecule is COc1cc(-c2cnc3cc(-c4cnccc4C(N)=O)ccn23)cc(OC)c1C(=O)CCC(F)(F)F. The summed E-state index contributed by atoms with van der Waals surface area (Å²) in [5.74, 6) is -1.15. The molecule has 0 saturated heterocycles. The number of nitrogens with two attached hydrogens (primary N) is 1. The van der Waals surface area contributed by atoms with Crippen molar-refractivity contribution in [1.82, 2.24) is 14.4 Å². The summed E-state index contributed by atoms with van der Waals surface area (Å²) >= 11 is 0. The molecule has 11 heteroatoms. The van der Waals surface area contributed by atoms with Gasteiger partial charge in [-0.3, -0.25) is 19.0 Å². The first-order valence-electron chi connectivity index (χ1n) is 10.7. The number of Topliss-reactive ketones (excluding diaryl/α,β-unsaturated/α-hetero) is 1. The summed E-state index contributed by atoms with van der Waals surface area (Å²) in [6.07, 6.45) is -0.0736. The Balaban J connectivity index is 1.76. The number of ether oxygens (including phenoxy) is 2. The van der Waals surface area contributed by atoms with E-state index in [4.69, 9.17) is 15.2 Å². The van der Waals surface area contributed by atoms with Gasteiger partial charge >= 0.3 is 6.18 Å². The monoisotopic (exact) mass is 498 g/mol. The molecular formula is C25H21F3N4O4. The van der Waals surface area contributed by atoms with Crippen LogP contribution in [0.3, 0.4) is 0 Å². The summed E-state index contributed by atoms with van der Waals surface area (Å²) in [4.78, 5) is 32.9. The fourth-order valence-electron chi connectivity index (χ4n) is 3.92. The molecular weight excluding hydrogens is 477 g/mol. The lowest BCUT2D eigenvalue weighted by atomic mass is 10.0. The summed E-state index contributed by atoms with van der Waals surface area (Å²) in [6, 6.07) is 8.16. The van der Waals surface area contributed by atoms with Gasteiger partial charge in [0, 0.05) is 41.7 Å². The second-order valence-electron chi connectivity index (χ2n) is 7.87. The Kier molecular flexibility index (Phi) is 6.65. The van der Waals surface area contributed by atoms with Crippen molar-refractivity contribution in [3.63, 3.8) is 0 Å². The molecule has 0 aliphatic heterocycles. The van der Waals surface area contributed by atoms with Gasteiger partial charge in [0.2, 0.25) is 5.91 Å². The number of benzene rings is 1. The minimum Gasteiger partial charge on any atom is -0.496 e. The van der Waals surface area contributed by atoms with Crippen LogP contribution in [-0.4, -0.2) is 46.5 Å². The number of fused-ring (bicyclic) bond motifs is 1. The summed E-state index contributed by atoms with van der Waals surface area (Å²) in [6.45, 7) is 0. The third-order valence-electron chi connectivity index (χ3n) is 5.63. The van der Waals surface area contributed by atoms with Crippen molar-refractivity contribution in [2.45, 2.75) is 19.0 Å². The van der Waals surface area contributed by atoms with Crippen molar-refractivity contribution in [3.05, 3.63) is 66.2 Å². The maximum Gasteiger partial charge on any atom is 0.389 e. The highest BCUT2D eigenvalue weighted by Crippen LogP contribution is 2.37. The standard InChI is InChI=1S/C25H21F3N4O4/c1-35-20-9-15(10-21(36-2)23(20)19(33)3-6-25(26,27)28)18-13-31-22-11-14(5-8-32(18)22)17-12-30-7-4-16(17)24(29)34/h4-5,7-13H,3,6H2,1-2H3,(H2,29,34). The van der Waals surface area contributed by atoms with E-state index in [0.717, 1.165) is 0 Å². The molecule has 0 unspecified atom stereocenters. The number of hydrogen-bond acceptors (Lipinski definition) is 6. The molecule has 0 atom stereocenters. The van der Waals surface area contributed by atoms with Crippen LogP contribution in [0.2, 0.25) is 0 Å². The molecule has 8 nitrogen and oxygen atoms in total. The van der Waals surface area contributed by atoms with E-state index in [-0.39, 0.29) is 17.1 Å². The topological polar surface area (TPSA) is 109 Å². The van der Waals surface area contributed by atoms with E-state index < -0.39 is 30.7 Å². The molecule has 0 spiro atoms. The molecule has 3 heterocycles. The van der Waals surface area contributed by atoms with Crippen LogP contribution < -0.4 is 15.2 Å². The summed E-state index contributed by atoms with van der Waals surface area (Å²) < 4.78 is 50.4. The van der Waals surface area contributed by atoms with Gasteiger partial charge in [0.1, 0.15) is 22.7 Å². The zero-order valence-electron chi connectivity index (χ0n) is 19.3. The highest BCUT2D eigenvalue weighted by molar-refractivity contribution is 6.02. The van der Waals surface area contributed by atoms with Crippen molar-refractivity contribution in [2.75, 3.05) is 14.2 Å². The predicted molar refractivity (Wildman–Crippen MR) is 125 cm³/mol. The van der Waals surface area contributed by atoms with Gasteiger partial charge in [0.05, 0.1) is 32.5 Å². The lowest BCUT2D eigenvalue weighted by molar-refractivity contribution is -0.133. The number of rotatable bonds is 8. The molecule has 36 heavy (non-hydrogen) atoms. The Morgan fingerprint density at radius 2 is 1.72 bits per heavy atom. The fourth-order valence-corrected chi connectivity index (χ4v) is 3.92. The van der Waals surface area contributed by atoms with Crippen molar-refractivity contribution in [1.29, 1.82) is 0 Å². The highest BCUT2D eigenvalue weighted by Gasteiger charge is 2.30. The Morgan fingerprint density at radius 3 is 2.33 bits per heavy atom. The van der Waals surface area contributed by atoms with Crippen molar-refractivity contribution < 1.29 is 32.2 Å². The molecule has 0 aliphatic carbocycles. The van der Waals surface area contributed by atoms with Gasteiger partial charge in [0.25, 0.3) is 0 Å². The van der Waals surface area contributed by atoms with E-state index in [1.165, 1.54) is 26.5 Å². The maximum absolute atomic E-state index is 12.6. The fraction of sp³-hybridized carbons (Fsp3) is 0.200. The number of carbonyl (C=O) groups is 2. The first-order chi connectivity index (χ1) is 17.1. The molecule has 186 valence electrons. The first-order valence-corrected chi connectivity index (χ1v) is 10.7. The molecule has 4 aromatic rings. The van der Waals surface area contributed by atoms with Gasteiger partial charge in [-0.05, 0) is 35.9 Å². The lowest BCUT2D eigenvalue weighted by Crippen LogP contribution is -2.12. The molecule has 0 bridgehead atoms. The normalized spacial score (nSPS) is 11.5. The van der Waals surface area contributed by atoms with Gasteiger partial charge in [-0.15, -0.1) is 0 Å². The Morgan fingerprint density at radius 1 is 1.03 bits per heavy atom. The van der Waals surface area contributed by atoms with E-state index in [1.54, 1.807) is 47.3 Å². The van der Waals surface area contributed by atoms with Crippen LogP contribution >= 0.6 is 0 Å². The van der Waals surface area contributed by atoms with Crippen LogP contribution in [0.1, 0.15) is 33.6 Å². The largest absolute Gasteiger partial charge is 0.496 e. The average Bonchev–Trinajstić information content (AvgIpc) is 3.29. The average molecular weight is 498 g/mol. The molecule has 3 aromatic heterocycles. The van der Waals surface area contributed by atoms with Crippen LogP contribution in [0.4, 0.5) is 13.2 Å². The van der Waals surface area contributed by atoms with E-state index in [9.17, 15) is 22.8 Å². The summed E-state index contributed by atoms with van der Waals surface area (Å²) in [5, 5.41) is 0. The number of alkyl halides is 3. The predicted octanol–water partition coefficient (Wildman–Crippen LogP) is 4.70. The Bertz CT molecular complexity index is 1440. The number of halogens is 3. The molecule has 2 N–H and O–H groups in total. The minimum absolute atomic E-state index is 0.0559. The second kappa shape index (κ2) is 9.68. The summed E-state index contributed by atoms with van der Waals surface area (Å²) in [7, 11) is 2.65. The Labute approximate surface area is 203 Å². The highest BCUT2D eigenvalue weighted by atomic mass is 19.4. The molecule has 0 radical (unpaired) electrons. The number of hydrogen-bond donors (Lipinski definition) is 1. The smallest absolute Gasteiger partial charge is 0.389 e. The van der Waals surface area contributed by atoms with Gasteiger partial charge in [0.15, 0.2) is 5.78 Å². The van der Waals surface area contributed by atoms with Gasteiger partial charge < -0.3 is 15.2 Å². The third-order valence-corrected chi connectivity index (χ3v) is 5.63. The van der Waals surface area contributed by atoms with Gasteiger partial charge in [-0.1, -0.05) is 0 Å². The van der Waals surface area contributed by atoms with E-state index in [2.05, 4.69) is 9.97 Å². The number of amides is 1. The summed E-state index contributed by atoms with van der Waals surface area (Å²) in [5.41, 5.74) is 8.71. The van der Waals surface area contributed by atoms with Crippen molar-refractivity contribution >= 4 is 17.3 Å². The van der Waals surface area contributed by atoms with Crippen LogP contribution in [-0.2, 0) is 0 Å². The van der Waals surface area contributed by atoms with Crippen molar-refractivity contribution in [3.8, 4) is 33.9 Å². The van der Waals surface area contributed by atoms with Crippen LogP contribution in [0.25, 0.3) is 28.0 Å². The number of carbonyl (C=O) groups excluding carboxylic acids is 2. The zero-order valence-corrected chi connectivity index (χ0v) is 19.3. The molecule has 1 amide bonds.